The van der Waals surface area contributed by atoms with Crippen molar-refractivity contribution in [3.8, 4) is 0 Å². The molecule has 0 radical (unpaired) electrons. The molecule has 4 nitrogen and oxygen atoms in total. The third-order valence-corrected chi connectivity index (χ3v) is 4.40. The van der Waals surface area contributed by atoms with Crippen molar-refractivity contribution in [1.82, 2.24) is 10.6 Å². The van der Waals surface area contributed by atoms with E-state index < -0.39 is 11.8 Å². The fraction of sp³-hybridized carbons (Fsp3) is 0.500. The van der Waals surface area contributed by atoms with Crippen molar-refractivity contribution in [2.75, 3.05) is 0 Å². The lowest BCUT2D eigenvalue weighted by Crippen LogP contribution is -2.47. The van der Waals surface area contributed by atoms with Gasteiger partial charge in [-0.3, -0.25) is 9.59 Å². The Bertz CT molecular complexity index is 519. The summed E-state index contributed by atoms with van der Waals surface area (Å²) in [6.07, 6.45) is 4.36. The number of hydrogen-bond donors (Lipinski definition) is 2. The van der Waals surface area contributed by atoms with Crippen molar-refractivity contribution in [2.45, 2.75) is 45.2 Å². The number of halogens is 1. The molecule has 2 rings (SSSR count). The maximum atomic E-state index is 11.9. The summed E-state index contributed by atoms with van der Waals surface area (Å²) < 4.78 is 0. The van der Waals surface area contributed by atoms with Crippen LogP contribution in [0.5, 0.6) is 0 Å². The molecule has 1 aliphatic carbocycles. The van der Waals surface area contributed by atoms with Gasteiger partial charge in [0.1, 0.15) is 0 Å². The van der Waals surface area contributed by atoms with Gasteiger partial charge in [-0.15, -0.1) is 0 Å². The first-order valence-electron chi connectivity index (χ1n) is 7.40. The minimum absolute atomic E-state index is 0.109. The van der Waals surface area contributed by atoms with E-state index in [4.69, 9.17) is 11.6 Å². The number of carbonyl (C=O) groups is 2. The maximum Gasteiger partial charge on any atom is 0.309 e. The first-order chi connectivity index (χ1) is 10.1. The first-order valence-corrected chi connectivity index (χ1v) is 7.78. The first kappa shape index (κ1) is 15.8. The molecular formula is C16H21ClN2O2. The Kier molecular flexibility index (Phi) is 5.62. The van der Waals surface area contributed by atoms with Gasteiger partial charge < -0.3 is 10.6 Å². The second-order valence-electron chi connectivity index (χ2n) is 5.62. The summed E-state index contributed by atoms with van der Waals surface area (Å²) in [5.74, 6) is -0.729. The number of rotatable bonds is 3. The monoisotopic (exact) mass is 308 g/mol. The second kappa shape index (κ2) is 7.46. The SMILES string of the molecule is C[C@H]1CCCC[C@@H]1NC(=O)C(=O)NCc1ccccc1Cl. The smallest absolute Gasteiger partial charge is 0.309 e. The van der Waals surface area contributed by atoms with Crippen molar-refractivity contribution in [3.63, 3.8) is 0 Å². The van der Waals surface area contributed by atoms with Crippen LogP contribution in [0.3, 0.4) is 0 Å². The summed E-state index contributed by atoms with van der Waals surface area (Å²) in [4.78, 5) is 23.7. The third kappa shape index (κ3) is 4.46. The number of nitrogens with one attached hydrogen (secondary N) is 2. The van der Waals surface area contributed by atoms with E-state index in [1.165, 1.54) is 6.42 Å². The Labute approximate surface area is 130 Å². The van der Waals surface area contributed by atoms with Crippen LogP contribution in [-0.4, -0.2) is 17.9 Å². The van der Waals surface area contributed by atoms with Gasteiger partial charge in [0, 0.05) is 17.6 Å². The Hall–Kier alpha value is -1.55. The lowest BCUT2D eigenvalue weighted by Gasteiger charge is -2.29. The zero-order valence-electron chi connectivity index (χ0n) is 12.2. The second-order valence-corrected chi connectivity index (χ2v) is 6.02. The van der Waals surface area contributed by atoms with Gasteiger partial charge in [0.15, 0.2) is 0 Å². The summed E-state index contributed by atoms with van der Waals surface area (Å²) in [6, 6.07) is 7.36. The van der Waals surface area contributed by atoms with E-state index in [9.17, 15) is 9.59 Å². The Morgan fingerprint density at radius 1 is 1.19 bits per heavy atom. The van der Waals surface area contributed by atoms with Gasteiger partial charge in [0.25, 0.3) is 0 Å². The summed E-state index contributed by atoms with van der Waals surface area (Å²) in [5.41, 5.74) is 0.798. The van der Waals surface area contributed by atoms with Gasteiger partial charge in [-0.2, -0.15) is 0 Å². The van der Waals surface area contributed by atoms with E-state index in [0.717, 1.165) is 24.8 Å². The van der Waals surface area contributed by atoms with Crippen LogP contribution in [-0.2, 0) is 16.1 Å². The van der Waals surface area contributed by atoms with E-state index in [1.54, 1.807) is 6.07 Å². The highest BCUT2D eigenvalue weighted by Crippen LogP contribution is 2.23. The molecule has 0 saturated heterocycles. The molecule has 2 atom stereocenters. The molecule has 114 valence electrons. The molecule has 5 heteroatoms. The summed E-state index contributed by atoms with van der Waals surface area (Å²) in [7, 11) is 0. The number of hydrogen-bond acceptors (Lipinski definition) is 2. The molecule has 0 spiro atoms. The number of amides is 2. The molecular weight excluding hydrogens is 288 g/mol. The van der Waals surface area contributed by atoms with Crippen LogP contribution < -0.4 is 10.6 Å². The van der Waals surface area contributed by atoms with Crippen molar-refractivity contribution in [1.29, 1.82) is 0 Å². The largest absolute Gasteiger partial charge is 0.345 e. The standard InChI is InChI=1S/C16H21ClN2O2/c1-11-6-2-5-9-14(11)19-16(21)15(20)18-10-12-7-3-4-8-13(12)17/h3-4,7-8,11,14H,2,5-6,9-10H2,1H3,(H,18,20)(H,19,21)/t11-,14-/m0/s1. The molecule has 2 amide bonds. The van der Waals surface area contributed by atoms with E-state index in [2.05, 4.69) is 17.6 Å². The summed E-state index contributed by atoms with van der Waals surface area (Å²) in [6.45, 7) is 2.37. The minimum Gasteiger partial charge on any atom is -0.345 e. The van der Waals surface area contributed by atoms with E-state index in [1.807, 2.05) is 18.2 Å². The Morgan fingerprint density at radius 3 is 2.62 bits per heavy atom. The van der Waals surface area contributed by atoms with Crippen LogP contribution in [0, 0.1) is 5.92 Å². The molecule has 0 unspecified atom stereocenters. The van der Waals surface area contributed by atoms with Crippen molar-refractivity contribution < 1.29 is 9.59 Å². The molecule has 21 heavy (non-hydrogen) atoms. The number of carbonyl (C=O) groups excluding carboxylic acids is 2. The van der Waals surface area contributed by atoms with Gasteiger partial charge in [-0.05, 0) is 30.4 Å². The Balaban J connectivity index is 1.82. The zero-order chi connectivity index (χ0) is 15.2. The van der Waals surface area contributed by atoms with Crippen LogP contribution in [0.2, 0.25) is 5.02 Å². The normalized spacial score (nSPS) is 21.6. The maximum absolute atomic E-state index is 11.9. The zero-order valence-corrected chi connectivity index (χ0v) is 13.0. The molecule has 0 aromatic heterocycles. The molecule has 1 saturated carbocycles. The van der Waals surface area contributed by atoms with Gasteiger partial charge in [-0.25, -0.2) is 0 Å². The minimum atomic E-state index is -0.604. The lowest BCUT2D eigenvalue weighted by molar-refractivity contribution is -0.140. The number of benzene rings is 1. The van der Waals surface area contributed by atoms with Crippen molar-refractivity contribution >= 4 is 23.4 Å². The molecule has 1 aromatic carbocycles. The van der Waals surface area contributed by atoms with Gasteiger partial charge >= 0.3 is 11.8 Å². The molecule has 0 bridgehead atoms. The van der Waals surface area contributed by atoms with Crippen LogP contribution >= 0.6 is 11.6 Å². The fourth-order valence-electron chi connectivity index (χ4n) is 2.66. The van der Waals surface area contributed by atoms with Crippen molar-refractivity contribution in [3.05, 3.63) is 34.9 Å². The predicted molar refractivity (Wildman–Crippen MR) is 82.9 cm³/mol. The summed E-state index contributed by atoms with van der Waals surface area (Å²) >= 11 is 6.01. The highest BCUT2D eigenvalue weighted by Gasteiger charge is 2.25. The van der Waals surface area contributed by atoms with Crippen molar-refractivity contribution in [2.24, 2.45) is 5.92 Å². The average molecular weight is 309 g/mol. The van der Waals surface area contributed by atoms with E-state index >= 15 is 0 Å². The third-order valence-electron chi connectivity index (χ3n) is 4.03. The quantitative estimate of drug-likeness (QED) is 0.843. The molecule has 1 aromatic rings. The van der Waals surface area contributed by atoms with Crippen LogP contribution in [0.1, 0.15) is 38.2 Å². The topological polar surface area (TPSA) is 58.2 Å². The van der Waals surface area contributed by atoms with Crippen LogP contribution in [0.15, 0.2) is 24.3 Å². The average Bonchev–Trinajstić information content (AvgIpc) is 2.48. The molecule has 2 N–H and O–H groups in total. The van der Waals surface area contributed by atoms with Gasteiger partial charge in [-0.1, -0.05) is 49.6 Å². The van der Waals surface area contributed by atoms with Gasteiger partial charge in [0.05, 0.1) is 0 Å². The molecule has 1 fully saturated rings. The van der Waals surface area contributed by atoms with E-state index in [0.29, 0.717) is 10.9 Å². The van der Waals surface area contributed by atoms with Crippen LogP contribution in [0.25, 0.3) is 0 Å². The predicted octanol–water partition coefficient (Wildman–Crippen LogP) is 2.65. The highest BCUT2D eigenvalue weighted by atomic mass is 35.5. The molecule has 0 heterocycles. The lowest BCUT2D eigenvalue weighted by atomic mass is 9.86. The molecule has 1 aliphatic rings. The summed E-state index contributed by atoms with van der Waals surface area (Å²) in [5, 5.41) is 6.03. The highest BCUT2D eigenvalue weighted by molar-refractivity contribution is 6.35. The molecule has 0 aliphatic heterocycles. The van der Waals surface area contributed by atoms with Gasteiger partial charge in [0.2, 0.25) is 0 Å². The van der Waals surface area contributed by atoms with E-state index in [-0.39, 0.29) is 12.6 Å². The van der Waals surface area contributed by atoms with Crippen LogP contribution in [0.4, 0.5) is 0 Å². The fourth-order valence-corrected chi connectivity index (χ4v) is 2.86. The Morgan fingerprint density at radius 2 is 1.90 bits per heavy atom.